The molecule has 0 bridgehead atoms. The van der Waals surface area contributed by atoms with E-state index in [1.54, 1.807) is 27.7 Å². The van der Waals surface area contributed by atoms with Gasteiger partial charge in [0.2, 0.25) is 0 Å². The molecule has 0 spiro atoms. The summed E-state index contributed by atoms with van der Waals surface area (Å²) >= 11 is 0. The van der Waals surface area contributed by atoms with Crippen LogP contribution in [0.2, 0.25) is 0 Å². The highest BCUT2D eigenvalue weighted by molar-refractivity contribution is 5.75. The first-order chi connectivity index (χ1) is 7.23. The molecule has 2 N–H and O–H groups in total. The summed E-state index contributed by atoms with van der Waals surface area (Å²) in [5, 5.41) is 20.2. The summed E-state index contributed by atoms with van der Waals surface area (Å²) in [7, 11) is 0. The van der Waals surface area contributed by atoms with Gasteiger partial charge in [0.15, 0.2) is 0 Å². The molecule has 0 heterocycles. The van der Waals surface area contributed by atoms with E-state index >= 15 is 0 Å². The molecule has 4 heteroatoms. The smallest absolute Gasteiger partial charge is 0.312 e. The van der Waals surface area contributed by atoms with Crippen LogP contribution in [0.4, 0.5) is 0 Å². The van der Waals surface area contributed by atoms with E-state index in [0.717, 1.165) is 0 Å². The van der Waals surface area contributed by atoms with Crippen molar-refractivity contribution in [1.82, 2.24) is 0 Å². The molecule has 3 atom stereocenters. The van der Waals surface area contributed by atoms with Gasteiger partial charge >= 0.3 is 5.97 Å². The number of carbonyl (C=O) groups excluding carboxylic acids is 1. The molecule has 0 aliphatic heterocycles. The Bertz CT molecular complexity index is 270. The number of aliphatic hydroxyl groups is 2. The Labute approximate surface area is 96.6 Å². The standard InChI is InChI=1S/C12H22O4/c1-5-16-10(14)9-11(2,3)8(13)6-7-12(9,4)15/h8-9,13,15H,5-7H2,1-4H3. The van der Waals surface area contributed by atoms with Crippen LogP contribution >= 0.6 is 0 Å². The van der Waals surface area contributed by atoms with Crippen molar-refractivity contribution in [3.05, 3.63) is 0 Å². The van der Waals surface area contributed by atoms with Crippen LogP contribution in [-0.4, -0.2) is 34.5 Å². The largest absolute Gasteiger partial charge is 0.466 e. The van der Waals surface area contributed by atoms with Crippen LogP contribution < -0.4 is 0 Å². The number of carbonyl (C=O) groups is 1. The summed E-state index contributed by atoms with van der Waals surface area (Å²) in [5.41, 5.74) is -1.76. The maximum Gasteiger partial charge on any atom is 0.312 e. The quantitative estimate of drug-likeness (QED) is 0.697. The molecular formula is C12H22O4. The molecule has 1 rings (SSSR count). The molecule has 16 heavy (non-hydrogen) atoms. The highest BCUT2D eigenvalue weighted by Gasteiger charge is 2.54. The zero-order valence-corrected chi connectivity index (χ0v) is 10.5. The molecule has 1 fully saturated rings. The van der Waals surface area contributed by atoms with Crippen molar-refractivity contribution in [3.8, 4) is 0 Å². The van der Waals surface area contributed by atoms with Gasteiger partial charge in [-0.05, 0) is 26.7 Å². The van der Waals surface area contributed by atoms with E-state index in [1.165, 1.54) is 0 Å². The fourth-order valence-electron chi connectivity index (χ4n) is 2.72. The number of ether oxygens (including phenoxy) is 1. The lowest BCUT2D eigenvalue weighted by molar-refractivity contribution is -0.186. The zero-order chi connectivity index (χ0) is 12.6. The van der Waals surface area contributed by atoms with Gasteiger partial charge in [0, 0.05) is 5.41 Å². The van der Waals surface area contributed by atoms with E-state index < -0.39 is 29.0 Å². The number of rotatable bonds is 2. The molecule has 0 aromatic heterocycles. The average molecular weight is 230 g/mol. The Kier molecular flexibility index (Phi) is 3.65. The van der Waals surface area contributed by atoms with Gasteiger partial charge in [-0.2, -0.15) is 0 Å². The Balaban J connectivity index is 3.01. The Morgan fingerprint density at radius 3 is 2.50 bits per heavy atom. The summed E-state index contributed by atoms with van der Waals surface area (Å²) < 4.78 is 4.99. The molecule has 3 unspecified atom stereocenters. The van der Waals surface area contributed by atoms with Gasteiger partial charge in [0.05, 0.1) is 24.2 Å². The van der Waals surface area contributed by atoms with E-state index in [2.05, 4.69) is 0 Å². The number of aliphatic hydroxyl groups excluding tert-OH is 1. The predicted octanol–water partition coefficient (Wildman–Crippen LogP) is 1.10. The third-order valence-corrected chi connectivity index (χ3v) is 3.67. The van der Waals surface area contributed by atoms with Crippen LogP contribution in [0, 0.1) is 11.3 Å². The first kappa shape index (κ1) is 13.5. The normalized spacial score (nSPS) is 38.1. The van der Waals surface area contributed by atoms with Gasteiger partial charge in [0.1, 0.15) is 0 Å². The van der Waals surface area contributed by atoms with Crippen molar-refractivity contribution in [1.29, 1.82) is 0 Å². The van der Waals surface area contributed by atoms with Crippen LogP contribution in [0.3, 0.4) is 0 Å². The Hall–Kier alpha value is -0.610. The highest BCUT2D eigenvalue weighted by Crippen LogP contribution is 2.46. The summed E-state index contributed by atoms with van der Waals surface area (Å²) in [5.74, 6) is -1.10. The first-order valence-corrected chi connectivity index (χ1v) is 5.80. The number of hydrogen-bond donors (Lipinski definition) is 2. The summed E-state index contributed by atoms with van der Waals surface area (Å²) in [4.78, 5) is 11.9. The van der Waals surface area contributed by atoms with E-state index in [-0.39, 0.29) is 6.61 Å². The molecule has 0 radical (unpaired) electrons. The van der Waals surface area contributed by atoms with E-state index in [1.807, 2.05) is 0 Å². The third kappa shape index (κ3) is 2.23. The summed E-state index contributed by atoms with van der Waals surface area (Å²) in [6, 6.07) is 0. The van der Waals surface area contributed by atoms with Gasteiger partial charge in [-0.25, -0.2) is 0 Å². The van der Waals surface area contributed by atoms with E-state index in [4.69, 9.17) is 4.74 Å². The minimum absolute atomic E-state index is 0.289. The van der Waals surface area contributed by atoms with Gasteiger partial charge < -0.3 is 14.9 Å². The molecule has 0 saturated heterocycles. The number of hydrogen-bond acceptors (Lipinski definition) is 4. The first-order valence-electron chi connectivity index (χ1n) is 5.80. The van der Waals surface area contributed by atoms with Crippen LogP contribution in [0.25, 0.3) is 0 Å². The highest BCUT2D eigenvalue weighted by atomic mass is 16.5. The lowest BCUT2D eigenvalue weighted by Crippen LogP contribution is -2.57. The molecule has 0 aromatic carbocycles. The van der Waals surface area contributed by atoms with Crippen molar-refractivity contribution < 1.29 is 19.7 Å². The molecule has 0 amide bonds. The second-order valence-corrected chi connectivity index (χ2v) is 5.42. The molecular weight excluding hydrogens is 208 g/mol. The molecule has 4 nitrogen and oxygen atoms in total. The second-order valence-electron chi connectivity index (χ2n) is 5.42. The Morgan fingerprint density at radius 2 is 2.00 bits per heavy atom. The molecule has 1 aliphatic carbocycles. The van der Waals surface area contributed by atoms with Crippen molar-refractivity contribution in [2.75, 3.05) is 6.61 Å². The summed E-state index contributed by atoms with van der Waals surface area (Å²) in [6.07, 6.45) is 0.346. The lowest BCUT2D eigenvalue weighted by Gasteiger charge is -2.48. The van der Waals surface area contributed by atoms with Crippen molar-refractivity contribution in [2.45, 2.75) is 52.2 Å². The topological polar surface area (TPSA) is 66.8 Å². The van der Waals surface area contributed by atoms with Crippen LogP contribution in [-0.2, 0) is 9.53 Å². The van der Waals surface area contributed by atoms with E-state index in [0.29, 0.717) is 12.8 Å². The van der Waals surface area contributed by atoms with Gasteiger partial charge in [-0.15, -0.1) is 0 Å². The van der Waals surface area contributed by atoms with Crippen molar-refractivity contribution in [3.63, 3.8) is 0 Å². The van der Waals surface area contributed by atoms with E-state index in [9.17, 15) is 15.0 Å². The van der Waals surface area contributed by atoms with Crippen molar-refractivity contribution in [2.24, 2.45) is 11.3 Å². The molecule has 0 aromatic rings. The fourth-order valence-corrected chi connectivity index (χ4v) is 2.72. The summed E-state index contributed by atoms with van der Waals surface area (Å²) in [6.45, 7) is 7.26. The number of esters is 1. The fraction of sp³-hybridized carbons (Fsp3) is 0.917. The minimum atomic E-state index is -1.10. The van der Waals surface area contributed by atoms with Crippen LogP contribution in [0.1, 0.15) is 40.5 Å². The minimum Gasteiger partial charge on any atom is -0.466 e. The second kappa shape index (κ2) is 4.34. The van der Waals surface area contributed by atoms with Gasteiger partial charge in [-0.3, -0.25) is 4.79 Å². The van der Waals surface area contributed by atoms with Gasteiger partial charge in [-0.1, -0.05) is 13.8 Å². The zero-order valence-electron chi connectivity index (χ0n) is 10.5. The SMILES string of the molecule is CCOC(=O)C1C(C)(O)CCC(O)C1(C)C. The Morgan fingerprint density at radius 1 is 1.44 bits per heavy atom. The third-order valence-electron chi connectivity index (χ3n) is 3.67. The van der Waals surface area contributed by atoms with Gasteiger partial charge in [0.25, 0.3) is 0 Å². The lowest BCUT2D eigenvalue weighted by atomic mass is 9.60. The van der Waals surface area contributed by atoms with Crippen molar-refractivity contribution >= 4 is 5.97 Å². The molecule has 1 saturated carbocycles. The molecule has 94 valence electrons. The molecule has 1 aliphatic rings. The van der Waals surface area contributed by atoms with Crippen LogP contribution in [0.15, 0.2) is 0 Å². The predicted molar refractivity (Wildman–Crippen MR) is 59.8 cm³/mol. The maximum absolute atomic E-state index is 11.9. The monoisotopic (exact) mass is 230 g/mol. The maximum atomic E-state index is 11.9. The average Bonchev–Trinajstić information content (AvgIpc) is 2.12. The van der Waals surface area contributed by atoms with Crippen LogP contribution in [0.5, 0.6) is 0 Å².